The van der Waals surface area contributed by atoms with E-state index >= 15 is 0 Å². The van der Waals surface area contributed by atoms with Crippen molar-refractivity contribution in [2.75, 3.05) is 33.2 Å². The summed E-state index contributed by atoms with van der Waals surface area (Å²) in [7, 11) is 0.901. The zero-order valence-electron chi connectivity index (χ0n) is 18.6. The molecule has 1 amide bonds. The highest BCUT2D eigenvalue weighted by molar-refractivity contribution is 7.89. The van der Waals surface area contributed by atoms with Crippen molar-refractivity contribution >= 4 is 21.6 Å². The van der Waals surface area contributed by atoms with Crippen LogP contribution in [0.4, 0.5) is 5.69 Å². The maximum atomic E-state index is 12.8. The Balaban J connectivity index is 1.58. The van der Waals surface area contributed by atoms with E-state index in [-0.39, 0.29) is 18.0 Å². The third-order valence-corrected chi connectivity index (χ3v) is 6.65. The monoisotopic (exact) mass is 470 g/mol. The summed E-state index contributed by atoms with van der Waals surface area (Å²) in [6.45, 7) is 0.00556. The molecule has 9 heteroatoms. The number of sulfonamides is 1. The fraction of sp³-hybridized carbons (Fsp3) is 0.208. The van der Waals surface area contributed by atoms with Gasteiger partial charge >= 0.3 is 0 Å². The van der Waals surface area contributed by atoms with Gasteiger partial charge in [0.1, 0.15) is 17.2 Å². The molecule has 0 unspecified atom stereocenters. The predicted molar refractivity (Wildman–Crippen MR) is 125 cm³/mol. The number of benzene rings is 3. The molecule has 0 heterocycles. The first kappa shape index (κ1) is 24.1. The molecule has 3 rings (SSSR count). The van der Waals surface area contributed by atoms with Crippen LogP contribution in [-0.2, 0) is 21.4 Å². The van der Waals surface area contributed by atoms with E-state index in [0.717, 1.165) is 5.56 Å². The summed E-state index contributed by atoms with van der Waals surface area (Å²) < 4.78 is 42.8. The van der Waals surface area contributed by atoms with Gasteiger partial charge in [-0.15, -0.1) is 0 Å². The van der Waals surface area contributed by atoms with Crippen LogP contribution in [0.15, 0.2) is 77.7 Å². The van der Waals surface area contributed by atoms with Crippen molar-refractivity contribution in [3.63, 3.8) is 0 Å². The lowest BCUT2D eigenvalue weighted by Gasteiger charge is -2.17. The van der Waals surface area contributed by atoms with Gasteiger partial charge in [0.15, 0.2) is 6.61 Å². The second kappa shape index (κ2) is 10.8. The lowest BCUT2D eigenvalue weighted by molar-refractivity contribution is -0.118. The lowest BCUT2D eigenvalue weighted by Crippen LogP contribution is -2.26. The van der Waals surface area contributed by atoms with Gasteiger partial charge in [-0.2, -0.15) is 4.31 Å². The molecule has 0 saturated carbocycles. The highest BCUT2D eigenvalue weighted by atomic mass is 32.2. The lowest BCUT2D eigenvalue weighted by atomic mass is 10.2. The van der Waals surface area contributed by atoms with Crippen LogP contribution in [0.5, 0.6) is 17.2 Å². The van der Waals surface area contributed by atoms with Crippen molar-refractivity contribution in [1.29, 1.82) is 0 Å². The number of hydrogen-bond acceptors (Lipinski definition) is 6. The molecule has 0 aromatic heterocycles. The summed E-state index contributed by atoms with van der Waals surface area (Å²) >= 11 is 0. The number of methoxy groups -OCH3 is 2. The zero-order valence-corrected chi connectivity index (χ0v) is 19.5. The van der Waals surface area contributed by atoms with Gasteiger partial charge in [0.2, 0.25) is 10.0 Å². The quantitative estimate of drug-likeness (QED) is 0.487. The van der Waals surface area contributed by atoms with Crippen LogP contribution in [0.1, 0.15) is 5.56 Å². The Kier molecular flexibility index (Phi) is 7.92. The molecular formula is C24H26N2O6S. The van der Waals surface area contributed by atoms with Gasteiger partial charge in [-0.05, 0) is 42.0 Å². The van der Waals surface area contributed by atoms with Crippen LogP contribution in [0.2, 0.25) is 0 Å². The Bertz CT molecular complexity index is 1180. The molecule has 0 radical (unpaired) electrons. The van der Waals surface area contributed by atoms with Gasteiger partial charge in [-0.1, -0.05) is 30.3 Å². The molecule has 0 atom stereocenters. The zero-order chi connectivity index (χ0) is 23.8. The second-order valence-electron chi connectivity index (χ2n) is 7.12. The van der Waals surface area contributed by atoms with Gasteiger partial charge < -0.3 is 19.5 Å². The Morgan fingerprint density at radius 1 is 0.909 bits per heavy atom. The first-order chi connectivity index (χ1) is 15.8. The summed E-state index contributed by atoms with van der Waals surface area (Å²) in [5, 5.41) is 2.71. The standard InChI is InChI=1S/C24H26N2O6S/c1-26(16-18-7-5-4-6-8-18)33(28,29)21-12-9-19(10-13-21)32-17-24(27)25-22-14-11-20(30-2)15-23(22)31-3/h4-15H,16-17H2,1-3H3,(H,25,27). The Morgan fingerprint density at radius 3 is 2.21 bits per heavy atom. The molecule has 3 aromatic rings. The van der Waals surface area contributed by atoms with E-state index in [1.54, 1.807) is 25.3 Å². The Hall–Kier alpha value is -3.56. The molecule has 0 saturated heterocycles. The molecule has 8 nitrogen and oxygen atoms in total. The number of nitrogens with zero attached hydrogens (tertiary/aromatic N) is 1. The SMILES string of the molecule is COc1ccc(NC(=O)COc2ccc(S(=O)(=O)N(C)Cc3ccccc3)cc2)c(OC)c1. The van der Waals surface area contributed by atoms with Crippen LogP contribution in [0, 0.1) is 0 Å². The van der Waals surface area contributed by atoms with E-state index in [1.807, 2.05) is 30.3 Å². The first-order valence-electron chi connectivity index (χ1n) is 10.1. The molecule has 0 aliphatic carbocycles. The van der Waals surface area contributed by atoms with Crippen molar-refractivity contribution in [3.8, 4) is 17.2 Å². The third-order valence-electron chi connectivity index (χ3n) is 4.83. The summed E-state index contributed by atoms with van der Waals surface area (Å²) in [5.74, 6) is 1.04. The van der Waals surface area contributed by atoms with Gasteiger partial charge in [-0.25, -0.2) is 8.42 Å². The molecule has 0 aliphatic heterocycles. The minimum atomic E-state index is -3.67. The number of rotatable bonds is 10. The smallest absolute Gasteiger partial charge is 0.262 e. The van der Waals surface area contributed by atoms with E-state index in [2.05, 4.69) is 5.32 Å². The average molecular weight is 471 g/mol. The molecule has 0 bridgehead atoms. The van der Waals surface area contributed by atoms with Gasteiger partial charge in [0.25, 0.3) is 5.91 Å². The van der Waals surface area contributed by atoms with Crippen molar-refractivity contribution in [2.45, 2.75) is 11.4 Å². The first-order valence-corrected chi connectivity index (χ1v) is 11.5. The maximum Gasteiger partial charge on any atom is 0.262 e. The Morgan fingerprint density at radius 2 is 1.58 bits per heavy atom. The van der Waals surface area contributed by atoms with Gasteiger partial charge in [0.05, 0.1) is 24.8 Å². The largest absolute Gasteiger partial charge is 0.497 e. The summed E-state index contributed by atoms with van der Waals surface area (Å²) in [6.07, 6.45) is 0. The minimum absolute atomic E-state index is 0.140. The van der Waals surface area contributed by atoms with E-state index in [0.29, 0.717) is 22.9 Å². The van der Waals surface area contributed by atoms with Crippen LogP contribution in [-0.4, -0.2) is 46.5 Å². The molecule has 3 aromatic carbocycles. The molecule has 1 N–H and O–H groups in total. The fourth-order valence-electron chi connectivity index (χ4n) is 3.05. The van der Waals surface area contributed by atoms with Crippen molar-refractivity contribution < 1.29 is 27.4 Å². The number of amides is 1. The molecule has 0 aliphatic rings. The number of nitrogens with one attached hydrogen (secondary N) is 1. The number of hydrogen-bond donors (Lipinski definition) is 1. The molecular weight excluding hydrogens is 444 g/mol. The number of carbonyl (C=O) groups is 1. The highest BCUT2D eigenvalue weighted by Crippen LogP contribution is 2.29. The van der Waals surface area contributed by atoms with E-state index in [4.69, 9.17) is 14.2 Å². The normalized spacial score (nSPS) is 11.2. The van der Waals surface area contributed by atoms with Gasteiger partial charge in [0, 0.05) is 19.7 Å². The average Bonchev–Trinajstić information content (AvgIpc) is 2.83. The topological polar surface area (TPSA) is 94.2 Å². The van der Waals surface area contributed by atoms with Gasteiger partial charge in [-0.3, -0.25) is 4.79 Å². The maximum absolute atomic E-state index is 12.8. The van der Waals surface area contributed by atoms with E-state index in [1.165, 1.54) is 42.7 Å². The predicted octanol–water partition coefficient (Wildman–Crippen LogP) is 3.54. The van der Waals surface area contributed by atoms with Crippen LogP contribution < -0.4 is 19.5 Å². The fourth-order valence-corrected chi connectivity index (χ4v) is 4.21. The van der Waals surface area contributed by atoms with E-state index in [9.17, 15) is 13.2 Å². The summed E-state index contributed by atoms with van der Waals surface area (Å²) in [5.41, 5.74) is 1.37. The molecule has 174 valence electrons. The van der Waals surface area contributed by atoms with Crippen molar-refractivity contribution in [2.24, 2.45) is 0 Å². The minimum Gasteiger partial charge on any atom is -0.497 e. The van der Waals surface area contributed by atoms with Crippen molar-refractivity contribution in [3.05, 3.63) is 78.4 Å². The van der Waals surface area contributed by atoms with Crippen LogP contribution >= 0.6 is 0 Å². The van der Waals surface area contributed by atoms with Crippen LogP contribution in [0.25, 0.3) is 0 Å². The van der Waals surface area contributed by atoms with Crippen molar-refractivity contribution in [1.82, 2.24) is 4.31 Å². The molecule has 33 heavy (non-hydrogen) atoms. The Labute approximate surface area is 193 Å². The summed E-state index contributed by atoms with van der Waals surface area (Å²) in [6, 6.07) is 20.3. The van der Waals surface area contributed by atoms with E-state index < -0.39 is 15.9 Å². The highest BCUT2D eigenvalue weighted by Gasteiger charge is 2.21. The number of anilines is 1. The molecule has 0 fully saturated rings. The second-order valence-corrected chi connectivity index (χ2v) is 9.17. The molecule has 0 spiro atoms. The third kappa shape index (κ3) is 6.24. The summed E-state index contributed by atoms with van der Waals surface area (Å²) in [4.78, 5) is 12.4. The van der Waals surface area contributed by atoms with Crippen LogP contribution in [0.3, 0.4) is 0 Å². The number of carbonyl (C=O) groups excluding carboxylic acids is 1. The number of ether oxygens (including phenoxy) is 3.